The van der Waals surface area contributed by atoms with Gasteiger partial charge in [-0.2, -0.15) is 0 Å². The van der Waals surface area contributed by atoms with E-state index in [-0.39, 0.29) is 5.56 Å². The molecule has 0 fully saturated rings. The van der Waals surface area contributed by atoms with Gasteiger partial charge in [-0.25, -0.2) is 4.79 Å². The fraction of sp³-hybridized carbons (Fsp3) is 0.154. The molecule has 0 unspecified atom stereocenters. The molecule has 8 nitrogen and oxygen atoms in total. The Balaban J connectivity index is 2.09. The Kier molecular flexibility index (Phi) is 4.52. The number of aromatic amines is 2. The first-order valence-corrected chi connectivity index (χ1v) is 6.16. The maximum atomic E-state index is 11.9. The Morgan fingerprint density at radius 3 is 2.57 bits per heavy atom. The number of carbonyl (C=O) groups excluding carboxylic acids is 1. The Hall–Kier alpha value is -2.87. The number of ether oxygens (including phenoxy) is 1. The molecule has 1 aromatic heterocycles. The van der Waals surface area contributed by atoms with E-state index >= 15 is 0 Å². The fourth-order valence-corrected chi connectivity index (χ4v) is 1.59. The van der Waals surface area contributed by atoms with Gasteiger partial charge in [0.25, 0.3) is 11.5 Å². The first kappa shape index (κ1) is 14.5. The number of benzene rings is 1. The zero-order chi connectivity index (χ0) is 15.2. The lowest BCUT2D eigenvalue weighted by molar-refractivity contribution is 0.102. The summed E-state index contributed by atoms with van der Waals surface area (Å²) >= 11 is 0. The van der Waals surface area contributed by atoms with Crippen molar-refractivity contribution >= 4 is 11.6 Å². The van der Waals surface area contributed by atoms with Crippen LogP contribution in [-0.4, -0.2) is 29.0 Å². The molecule has 0 aliphatic rings. The number of hydrogen-bond donors (Lipinski definition) is 4. The Labute approximate surface area is 119 Å². The third-order valence-corrected chi connectivity index (χ3v) is 2.56. The minimum Gasteiger partial charge on any atom is -0.492 e. The molecule has 0 saturated carbocycles. The van der Waals surface area contributed by atoms with Crippen molar-refractivity contribution in [2.45, 2.75) is 0 Å². The second kappa shape index (κ2) is 6.53. The zero-order valence-electron chi connectivity index (χ0n) is 11.0. The number of anilines is 1. The molecule has 0 atom stereocenters. The summed E-state index contributed by atoms with van der Waals surface area (Å²) in [4.78, 5) is 38.5. The predicted octanol–water partition coefficient (Wildman–Crippen LogP) is -0.347. The lowest BCUT2D eigenvalue weighted by Gasteiger charge is -2.07. The summed E-state index contributed by atoms with van der Waals surface area (Å²) in [5.74, 6) is 0.00321. The normalized spacial score (nSPS) is 10.1. The smallest absolute Gasteiger partial charge is 0.325 e. The monoisotopic (exact) mass is 290 g/mol. The van der Waals surface area contributed by atoms with Gasteiger partial charge in [0.05, 0.1) is 0 Å². The third-order valence-electron chi connectivity index (χ3n) is 2.56. The summed E-state index contributed by atoms with van der Waals surface area (Å²) in [6, 6.07) is 6.60. The van der Waals surface area contributed by atoms with Gasteiger partial charge >= 0.3 is 5.69 Å². The first-order chi connectivity index (χ1) is 10.1. The number of aromatic nitrogens is 2. The van der Waals surface area contributed by atoms with Gasteiger partial charge in [-0.05, 0) is 24.3 Å². The summed E-state index contributed by atoms with van der Waals surface area (Å²) in [6.07, 6.45) is 1.06. The molecule has 2 rings (SSSR count). The van der Waals surface area contributed by atoms with Crippen molar-refractivity contribution in [3.05, 3.63) is 56.9 Å². The van der Waals surface area contributed by atoms with E-state index in [0.717, 1.165) is 6.20 Å². The number of nitrogens with one attached hydrogen (secondary N) is 3. The topological polar surface area (TPSA) is 130 Å². The van der Waals surface area contributed by atoms with Crippen LogP contribution in [0, 0.1) is 0 Å². The molecule has 0 bridgehead atoms. The summed E-state index contributed by atoms with van der Waals surface area (Å²) in [7, 11) is 0. The molecule has 1 amide bonds. The van der Waals surface area contributed by atoms with Crippen LogP contribution >= 0.6 is 0 Å². The largest absolute Gasteiger partial charge is 0.492 e. The van der Waals surface area contributed by atoms with Gasteiger partial charge in [0.2, 0.25) is 0 Å². The highest BCUT2D eigenvalue weighted by Crippen LogP contribution is 2.15. The summed E-state index contributed by atoms with van der Waals surface area (Å²) in [5, 5.41) is 2.54. The van der Waals surface area contributed by atoms with Crippen LogP contribution in [0.4, 0.5) is 5.69 Å². The molecule has 110 valence electrons. The second-order valence-electron chi connectivity index (χ2n) is 4.10. The number of amides is 1. The van der Waals surface area contributed by atoms with E-state index in [1.165, 1.54) is 0 Å². The predicted molar refractivity (Wildman–Crippen MR) is 76.6 cm³/mol. The van der Waals surface area contributed by atoms with E-state index in [2.05, 4.69) is 10.3 Å². The van der Waals surface area contributed by atoms with Crippen molar-refractivity contribution in [3.63, 3.8) is 0 Å². The van der Waals surface area contributed by atoms with Gasteiger partial charge in [-0.1, -0.05) is 0 Å². The van der Waals surface area contributed by atoms with Crippen molar-refractivity contribution in [1.29, 1.82) is 0 Å². The van der Waals surface area contributed by atoms with Gasteiger partial charge in [0.15, 0.2) is 0 Å². The molecule has 21 heavy (non-hydrogen) atoms. The molecule has 1 aromatic carbocycles. The second-order valence-corrected chi connectivity index (χ2v) is 4.10. The molecule has 8 heteroatoms. The Bertz CT molecular complexity index is 733. The quantitative estimate of drug-likeness (QED) is 0.598. The van der Waals surface area contributed by atoms with Gasteiger partial charge < -0.3 is 20.8 Å². The van der Waals surface area contributed by atoms with Crippen LogP contribution in [0.1, 0.15) is 10.4 Å². The van der Waals surface area contributed by atoms with E-state index in [9.17, 15) is 14.4 Å². The summed E-state index contributed by atoms with van der Waals surface area (Å²) in [5.41, 5.74) is 4.21. The fourth-order valence-electron chi connectivity index (χ4n) is 1.59. The summed E-state index contributed by atoms with van der Waals surface area (Å²) < 4.78 is 5.30. The van der Waals surface area contributed by atoms with Crippen molar-refractivity contribution in [3.8, 4) is 5.75 Å². The van der Waals surface area contributed by atoms with E-state index in [1.807, 2.05) is 4.98 Å². The third kappa shape index (κ3) is 3.80. The van der Waals surface area contributed by atoms with Crippen LogP contribution in [0.15, 0.2) is 40.1 Å². The molecule has 0 aliphatic heterocycles. The van der Waals surface area contributed by atoms with E-state index in [0.29, 0.717) is 24.6 Å². The maximum absolute atomic E-state index is 11.9. The molecular formula is C13H14N4O4. The van der Waals surface area contributed by atoms with Crippen LogP contribution in [-0.2, 0) is 0 Å². The Morgan fingerprint density at radius 1 is 1.24 bits per heavy atom. The van der Waals surface area contributed by atoms with Gasteiger partial charge in [-0.3, -0.25) is 14.6 Å². The molecule has 0 radical (unpaired) electrons. The highest BCUT2D eigenvalue weighted by Gasteiger charge is 2.11. The van der Waals surface area contributed by atoms with Crippen LogP contribution in [0.2, 0.25) is 0 Å². The Morgan fingerprint density at radius 2 is 1.95 bits per heavy atom. The number of hydrogen-bond acceptors (Lipinski definition) is 5. The molecule has 0 spiro atoms. The minimum absolute atomic E-state index is 0.182. The molecule has 0 saturated heterocycles. The maximum Gasteiger partial charge on any atom is 0.325 e. The highest BCUT2D eigenvalue weighted by atomic mass is 16.5. The highest BCUT2D eigenvalue weighted by molar-refractivity contribution is 6.03. The van der Waals surface area contributed by atoms with Crippen LogP contribution in [0.25, 0.3) is 0 Å². The van der Waals surface area contributed by atoms with E-state index < -0.39 is 17.2 Å². The number of H-pyrrole nitrogens is 2. The van der Waals surface area contributed by atoms with Gasteiger partial charge in [0, 0.05) is 18.4 Å². The zero-order valence-corrected chi connectivity index (χ0v) is 11.0. The van der Waals surface area contributed by atoms with Crippen LogP contribution in [0.5, 0.6) is 5.75 Å². The standard InChI is InChI=1S/C13H14N4O4/c14-5-6-21-9-3-1-8(2-4-9)16-11(18)10-7-15-13(20)17-12(10)19/h1-4,7H,5-6,14H2,(H,16,18)(H2,15,17,19,20). The van der Waals surface area contributed by atoms with Crippen molar-refractivity contribution in [2.75, 3.05) is 18.5 Å². The number of nitrogens with two attached hydrogens (primary N) is 1. The van der Waals surface area contributed by atoms with Crippen molar-refractivity contribution in [2.24, 2.45) is 5.73 Å². The molecule has 5 N–H and O–H groups in total. The molecule has 0 aliphatic carbocycles. The number of rotatable bonds is 5. The average Bonchev–Trinajstić information content (AvgIpc) is 2.46. The van der Waals surface area contributed by atoms with Crippen LogP contribution < -0.4 is 27.0 Å². The summed E-state index contributed by atoms with van der Waals surface area (Å²) in [6.45, 7) is 0.811. The van der Waals surface area contributed by atoms with E-state index in [4.69, 9.17) is 10.5 Å². The van der Waals surface area contributed by atoms with Gasteiger partial charge in [0.1, 0.15) is 17.9 Å². The van der Waals surface area contributed by atoms with Gasteiger partial charge in [-0.15, -0.1) is 0 Å². The number of carbonyl (C=O) groups is 1. The molecule has 2 aromatic rings. The van der Waals surface area contributed by atoms with Crippen molar-refractivity contribution in [1.82, 2.24) is 9.97 Å². The lowest BCUT2D eigenvalue weighted by Crippen LogP contribution is -2.29. The molecule has 1 heterocycles. The van der Waals surface area contributed by atoms with Crippen LogP contribution in [0.3, 0.4) is 0 Å². The van der Waals surface area contributed by atoms with E-state index in [1.54, 1.807) is 24.3 Å². The SMILES string of the molecule is NCCOc1ccc(NC(=O)c2c[nH]c(=O)[nH]c2=O)cc1. The average molecular weight is 290 g/mol. The van der Waals surface area contributed by atoms with Crippen molar-refractivity contribution < 1.29 is 9.53 Å². The lowest BCUT2D eigenvalue weighted by atomic mass is 10.2. The molecular weight excluding hydrogens is 276 g/mol. The first-order valence-electron chi connectivity index (χ1n) is 6.16. The minimum atomic E-state index is -0.751.